The van der Waals surface area contributed by atoms with Gasteiger partial charge >= 0.3 is 0 Å². The maximum atomic E-state index is 2.31. The van der Waals surface area contributed by atoms with E-state index in [2.05, 4.69) is 68.0 Å². The third kappa shape index (κ3) is 3.10. The van der Waals surface area contributed by atoms with Gasteiger partial charge in [-0.05, 0) is 31.9 Å². The van der Waals surface area contributed by atoms with E-state index in [1.807, 2.05) is 0 Å². The number of aryl methyl sites for hydroxylation is 1. The van der Waals surface area contributed by atoms with Gasteiger partial charge in [0.2, 0.25) is 5.69 Å². The number of nitrogens with zero attached hydrogens (tertiary/aromatic N) is 1. The van der Waals surface area contributed by atoms with Crippen molar-refractivity contribution in [1.82, 2.24) is 0 Å². The van der Waals surface area contributed by atoms with Crippen LogP contribution in [0.1, 0.15) is 24.5 Å². The van der Waals surface area contributed by atoms with Gasteiger partial charge < -0.3 is 0 Å². The first-order valence-corrected chi connectivity index (χ1v) is 6.87. The molecule has 0 spiro atoms. The molecule has 1 aromatic rings. The van der Waals surface area contributed by atoms with Gasteiger partial charge in [0.1, 0.15) is 7.05 Å². The van der Waals surface area contributed by atoms with E-state index >= 15 is 0 Å². The summed E-state index contributed by atoms with van der Waals surface area (Å²) in [6.07, 6.45) is 11.1. The predicted molar refractivity (Wildman–Crippen MR) is 81.3 cm³/mol. The van der Waals surface area contributed by atoms with Crippen LogP contribution in [0, 0.1) is 6.92 Å². The van der Waals surface area contributed by atoms with Gasteiger partial charge in [-0.15, -0.1) is 0 Å². The normalized spacial score (nSPS) is 17.1. The fourth-order valence-corrected chi connectivity index (χ4v) is 2.83. The van der Waals surface area contributed by atoms with Crippen molar-refractivity contribution in [2.24, 2.45) is 0 Å². The molecular formula is C18H20NY+. The smallest absolute Gasteiger partial charge is 0.198 e. The molecule has 0 N–H and O–H groups in total. The minimum Gasteiger partial charge on any atom is -0.198 e. The van der Waals surface area contributed by atoms with E-state index in [0.717, 1.165) is 12.8 Å². The Kier molecular flexibility index (Phi) is 4.93. The molecule has 0 bridgehead atoms. The number of fused-ring (bicyclic) bond motifs is 1. The zero-order chi connectivity index (χ0) is 13.4. The summed E-state index contributed by atoms with van der Waals surface area (Å²) in [7, 11) is 2.16. The van der Waals surface area contributed by atoms with Crippen LogP contribution in [0.15, 0.2) is 53.6 Å². The van der Waals surface area contributed by atoms with Crippen molar-refractivity contribution < 1.29 is 37.3 Å². The summed E-state index contributed by atoms with van der Waals surface area (Å²) in [6.45, 7) is 4.34. The number of allylic oxidation sites excluding steroid dienone is 6. The molecule has 2 aliphatic rings. The molecule has 20 heavy (non-hydrogen) atoms. The zero-order valence-electron chi connectivity index (χ0n) is 12.5. The molecule has 0 fully saturated rings. The van der Waals surface area contributed by atoms with Crippen LogP contribution in [-0.4, -0.2) is 17.3 Å². The Morgan fingerprint density at radius 3 is 2.55 bits per heavy atom. The topological polar surface area (TPSA) is 3.01 Å². The fourth-order valence-electron chi connectivity index (χ4n) is 2.83. The van der Waals surface area contributed by atoms with Crippen LogP contribution >= 0.6 is 0 Å². The van der Waals surface area contributed by atoms with Crippen LogP contribution in [-0.2, 0) is 39.1 Å². The molecule has 1 heterocycles. The Hall–Kier alpha value is -0.786. The zero-order valence-corrected chi connectivity index (χ0v) is 15.3. The van der Waals surface area contributed by atoms with Crippen molar-refractivity contribution in [2.45, 2.75) is 26.7 Å². The van der Waals surface area contributed by atoms with Crippen LogP contribution in [0.2, 0.25) is 0 Å². The Morgan fingerprint density at radius 2 is 1.85 bits per heavy atom. The van der Waals surface area contributed by atoms with Crippen LogP contribution in [0.3, 0.4) is 0 Å². The quantitative estimate of drug-likeness (QED) is 0.714. The van der Waals surface area contributed by atoms with Crippen molar-refractivity contribution in [3.8, 4) is 0 Å². The molecule has 1 nitrogen and oxygen atoms in total. The van der Waals surface area contributed by atoms with Crippen molar-refractivity contribution in [3.05, 3.63) is 64.8 Å². The van der Waals surface area contributed by atoms with E-state index in [1.54, 1.807) is 0 Å². The van der Waals surface area contributed by atoms with Crippen LogP contribution in [0.5, 0.6) is 0 Å². The van der Waals surface area contributed by atoms with Crippen molar-refractivity contribution in [1.29, 1.82) is 0 Å². The van der Waals surface area contributed by atoms with Crippen molar-refractivity contribution in [3.63, 3.8) is 0 Å². The van der Waals surface area contributed by atoms with Crippen LogP contribution in [0.25, 0.3) is 0 Å². The summed E-state index contributed by atoms with van der Waals surface area (Å²) in [5.74, 6) is 0. The molecule has 2 heteroatoms. The number of rotatable bonds is 2. The molecule has 0 aromatic heterocycles. The monoisotopic (exact) mass is 339 g/mol. The van der Waals surface area contributed by atoms with Crippen LogP contribution in [0.4, 0.5) is 5.69 Å². The molecule has 0 amide bonds. The molecule has 0 saturated heterocycles. The summed E-state index contributed by atoms with van der Waals surface area (Å²) in [4.78, 5) is 0. The fraction of sp³-hybridized carbons (Fsp3) is 0.278. The predicted octanol–water partition coefficient (Wildman–Crippen LogP) is 4.10. The van der Waals surface area contributed by atoms with Crippen molar-refractivity contribution in [2.75, 3.05) is 7.05 Å². The molecule has 0 saturated carbocycles. The SMILES string of the molecule is CC1=CC=C(C=CC2=[N+](C)c3ccc(C)cc3C2)C1.[Y]. The van der Waals surface area contributed by atoms with E-state index in [9.17, 15) is 0 Å². The van der Waals surface area contributed by atoms with Gasteiger partial charge in [-0.25, -0.2) is 0 Å². The Balaban J connectivity index is 0.00000147. The maximum Gasteiger partial charge on any atom is 0.208 e. The second-order valence-corrected chi connectivity index (χ2v) is 5.62. The summed E-state index contributed by atoms with van der Waals surface area (Å²) in [6, 6.07) is 6.72. The van der Waals surface area contributed by atoms with Gasteiger partial charge in [0, 0.05) is 50.4 Å². The third-order valence-corrected chi connectivity index (χ3v) is 3.95. The summed E-state index contributed by atoms with van der Waals surface area (Å²) < 4.78 is 2.31. The first-order valence-electron chi connectivity index (χ1n) is 6.87. The second kappa shape index (κ2) is 6.32. The standard InChI is InChI=1S/C18H20N.Y/c1-13-4-6-15(10-13)7-8-17-12-16-11-14(2)5-9-18(16)19(17)3;/h4-9,11H,10,12H2,1-3H3;/q+1;. The first kappa shape index (κ1) is 15.6. The number of benzene rings is 1. The molecule has 1 aliphatic heterocycles. The van der Waals surface area contributed by atoms with Gasteiger partial charge in [0.15, 0.2) is 5.71 Å². The molecule has 0 unspecified atom stereocenters. The van der Waals surface area contributed by atoms with Crippen molar-refractivity contribution >= 4 is 11.4 Å². The molecule has 1 aromatic carbocycles. The van der Waals surface area contributed by atoms with E-state index in [0.29, 0.717) is 0 Å². The summed E-state index contributed by atoms with van der Waals surface area (Å²) in [5, 5.41) is 0. The van der Waals surface area contributed by atoms with Gasteiger partial charge in [-0.3, -0.25) is 0 Å². The van der Waals surface area contributed by atoms with Crippen LogP contribution < -0.4 is 0 Å². The molecule has 3 rings (SSSR count). The summed E-state index contributed by atoms with van der Waals surface area (Å²) in [5.41, 5.74) is 8.37. The number of hydrogen-bond acceptors (Lipinski definition) is 0. The average molecular weight is 339 g/mol. The van der Waals surface area contributed by atoms with E-state index < -0.39 is 0 Å². The Labute approximate surface area is 146 Å². The third-order valence-electron chi connectivity index (χ3n) is 3.95. The largest absolute Gasteiger partial charge is 0.208 e. The maximum absolute atomic E-state index is 2.31. The van der Waals surface area contributed by atoms with Gasteiger partial charge in [-0.2, -0.15) is 4.58 Å². The minimum absolute atomic E-state index is 0. The Morgan fingerprint density at radius 1 is 1.05 bits per heavy atom. The van der Waals surface area contributed by atoms with E-state index in [1.165, 1.54) is 33.7 Å². The molecular weight excluding hydrogens is 319 g/mol. The van der Waals surface area contributed by atoms with E-state index in [4.69, 9.17) is 0 Å². The first-order chi connectivity index (χ1) is 9.13. The molecule has 0 atom stereocenters. The van der Waals surface area contributed by atoms with Gasteiger partial charge in [-0.1, -0.05) is 35.4 Å². The van der Waals surface area contributed by atoms with Gasteiger partial charge in [0.25, 0.3) is 0 Å². The minimum atomic E-state index is 0. The average Bonchev–Trinajstić information content (AvgIpc) is 2.91. The summed E-state index contributed by atoms with van der Waals surface area (Å²) >= 11 is 0. The van der Waals surface area contributed by atoms with Gasteiger partial charge in [0.05, 0.1) is 6.42 Å². The van der Waals surface area contributed by atoms with E-state index in [-0.39, 0.29) is 32.7 Å². The second-order valence-electron chi connectivity index (χ2n) is 5.62. The molecule has 1 radical (unpaired) electrons. The molecule has 1 aliphatic carbocycles. The Bertz CT molecular complexity index is 660. The molecule has 99 valence electrons. The number of hydrogen-bond donors (Lipinski definition) is 0.